The van der Waals surface area contributed by atoms with E-state index in [1.807, 2.05) is 84.6 Å². The molecule has 23 heteroatoms. The van der Waals surface area contributed by atoms with Crippen molar-refractivity contribution < 1.29 is 62.4 Å². The van der Waals surface area contributed by atoms with E-state index in [-0.39, 0.29) is 88.3 Å². The van der Waals surface area contributed by atoms with Crippen LogP contribution in [0.25, 0.3) is 16.8 Å². The Hall–Kier alpha value is -7.91. The fourth-order valence-corrected chi connectivity index (χ4v) is 11.6. The van der Waals surface area contributed by atoms with Gasteiger partial charge in [0.2, 0.25) is 17.7 Å². The van der Waals surface area contributed by atoms with E-state index in [9.17, 15) is 62.9 Å². The molecule has 3 aromatic carbocycles. The molecule has 3 fully saturated rings. The number of carboxylic acid groups (broad SMARTS) is 3. The van der Waals surface area contributed by atoms with Gasteiger partial charge in [0, 0.05) is 88.5 Å². The first-order valence-electron chi connectivity index (χ1n) is 28.6. The molecule has 0 spiro atoms. The number of aliphatic carboxylic acids is 3. The van der Waals surface area contributed by atoms with Crippen molar-refractivity contribution in [1.82, 2.24) is 45.4 Å². The predicted molar refractivity (Wildman–Crippen MR) is 306 cm³/mol. The Morgan fingerprint density at radius 1 is 0.762 bits per heavy atom. The number of carboxylic acids is 3. The van der Waals surface area contributed by atoms with E-state index >= 15 is 0 Å². The lowest BCUT2D eigenvalue weighted by atomic mass is 9.73. The molecule has 1 saturated carbocycles. The second-order valence-corrected chi connectivity index (χ2v) is 22.8. The van der Waals surface area contributed by atoms with E-state index in [2.05, 4.69) is 27.0 Å². The van der Waals surface area contributed by atoms with Crippen LogP contribution in [0.1, 0.15) is 71.8 Å². The van der Waals surface area contributed by atoms with Crippen LogP contribution in [0.2, 0.25) is 0 Å². The number of carbonyl (C=O) groups excluding carboxylic acids is 4. The fourth-order valence-electron chi connectivity index (χ4n) is 11.6. The summed E-state index contributed by atoms with van der Waals surface area (Å²) in [5, 5.41) is 49.1. The average Bonchev–Trinajstić information content (AvgIpc) is 2.78. The van der Waals surface area contributed by atoms with Crippen molar-refractivity contribution in [1.29, 1.82) is 5.26 Å². The van der Waals surface area contributed by atoms with Gasteiger partial charge in [0.25, 0.3) is 11.8 Å². The number of amides is 4. The molecule has 448 valence electrons. The third kappa shape index (κ3) is 17.6. The van der Waals surface area contributed by atoms with Crippen LogP contribution in [-0.4, -0.2) is 209 Å². The van der Waals surface area contributed by atoms with Crippen LogP contribution in [0.5, 0.6) is 5.75 Å². The SMILES string of the molecule is CC1(c2ccc(OCC(Cc3ccc4ccccc4c3)C(=O)NC3CCC(CNC(=O)CN4CCN(CC(=O)O)CCN(CC(=O)O)CCN(CC(=O)O)CC4)CC3)cc2)C=Cc2nccc(C(=O)NCC(=O)N3CC(F)(F)CC3C#N)c2C1. The van der Waals surface area contributed by atoms with Gasteiger partial charge in [0.15, 0.2) is 0 Å². The van der Waals surface area contributed by atoms with Gasteiger partial charge in [-0.15, -0.1) is 0 Å². The Balaban J connectivity index is 0.848. The lowest BCUT2D eigenvalue weighted by Gasteiger charge is -2.33. The van der Waals surface area contributed by atoms with Gasteiger partial charge in [-0.1, -0.05) is 67.6 Å². The average molecular weight is 1160 g/mol. The number of nitrogens with zero attached hydrogens (tertiary/aromatic N) is 7. The maximum atomic E-state index is 14.3. The van der Waals surface area contributed by atoms with Crippen molar-refractivity contribution in [2.45, 2.75) is 75.3 Å². The fraction of sp³-hybridized carbons (Fsp3) is 0.492. The Morgan fingerprint density at radius 2 is 1.36 bits per heavy atom. The molecular weight excluding hydrogens is 1090 g/mol. The van der Waals surface area contributed by atoms with Crippen LogP contribution >= 0.6 is 0 Å². The van der Waals surface area contributed by atoms with Crippen molar-refractivity contribution in [2.75, 3.05) is 105 Å². The summed E-state index contributed by atoms with van der Waals surface area (Å²) in [4.78, 5) is 102. The van der Waals surface area contributed by atoms with Crippen LogP contribution < -0.4 is 20.7 Å². The molecule has 4 amide bonds. The van der Waals surface area contributed by atoms with Crippen LogP contribution in [0.15, 0.2) is 85.1 Å². The van der Waals surface area contributed by atoms with Crippen LogP contribution in [0, 0.1) is 23.2 Å². The van der Waals surface area contributed by atoms with Gasteiger partial charge < -0.3 is 40.9 Å². The van der Waals surface area contributed by atoms with E-state index in [1.165, 1.54) is 6.20 Å². The molecule has 4 aliphatic rings. The second kappa shape index (κ2) is 28.6. The van der Waals surface area contributed by atoms with E-state index in [1.54, 1.807) is 26.8 Å². The number of carbonyl (C=O) groups is 7. The minimum atomic E-state index is -3.18. The van der Waals surface area contributed by atoms with Crippen LogP contribution in [-0.2, 0) is 47.0 Å². The minimum absolute atomic E-state index is 0.0198. The summed E-state index contributed by atoms with van der Waals surface area (Å²) in [5.41, 5.74) is 2.81. The van der Waals surface area contributed by atoms with Gasteiger partial charge in [0.1, 0.15) is 18.4 Å². The largest absolute Gasteiger partial charge is 0.493 e. The Kier molecular flexibility index (Phi) is 21.1. The molecule has 2 aliphatic heterocycles. The number of fused-ring (bicyclic) bond motifs is 2. The number of pyridine rings is 1. The molecule has 3 unspecified atom stereocenters. The summed E-state index contributed by atoms with van der Waals surface area (Å²) in [6.07, 6.45) is 8.33. The third-order valence-corrected chi connectivity index (χ3v) is 16.4. The number of benzene rings is 3. The number of hydrogen-bond donors (Lipinski definition) is 6. The molecule has 2 saturated heterocycles. The summed E-state index contributed by atoms with van der Waals surface area (Å²) < 4.78 is 34.5. The van der Waals surface area contributed by atoms with Gasteiger partial charge in [-0.05, 0) is 96.2 Å². The number of hydrogen-bond acceptors (Lipinski definition) is 14. The smallest absolute Gasteiger partial charge is 0.317 e. The van der Waals surface area contributed by atoms with Crippen molar-refractivity contribution in [3.63, 3.8) is 0 Å². The molecule has 3 heterocycles. The summed E-state index contributed by atoms with van der Waals surface area (Å²) in [7, 11) is 0. The highest BCUT2D eigenvalue weighted by Gasteiger charge is 2.47. The van der Waals surface area contributed by atoms with Gasteiger partial charge in [-0.3, -0.25) is 58.1 Å². The molecule has 21 nitrogen and oxygen atoms in total. The van der Waals surface area contributed by atoms with Gasteiger partial charge in [0.05, 0.1) is 56.9 Å². The maximum absolute atomic E-state index is 14.3. The number of allylic oxidation sites excluding steroid dienone is 1. The lowest BCUT2D eigenvalue weighted by molar-refractivity contribution is -0.140. The molecule has 0 radical (unpaired) electrons. The number of likely N-dealkylation sites (tertiary alicyclic amines) is 1. The zero-order valence-corrected chi connectivity index (χ0v) is 47.2. The summed E-state index contributed by atoms with van der Waals surface area (Å²) in [6, 6.07) is 23.7. The van der Waals surface area contributed by atoms with E-state index in [0.29, 0.717) is 75.4 Å². The topological polar surface area (TPSA) is 278 Å². The molecule has 6 N–H and O–H groups in total. The summed E-state index contributed by atoms with van der Waals surface area (Å²) in [6.45, 7) is 2.73. The highest BCUT2D eigenvalue weighted by atomic mass is 19.3. The highest BCUT2D eigenvalue weighted by Crippen LogP contribution is 2.38. The standard InChI is InChI=1S/C61H74F2N10O11/c1-60(18-16-52-51(31-60)50(17-19-65-52)59(83)67-34-54(75)73-40-61(62,63)30-48(73)32-64)46-10-14-49(15-11-46)84-39-45(29-42-6-9-43-4-2-3-5-44(43)28-42)58(82)68-47-12-7-41(8-13-47)33-66-53(74)35-69-20-22-70(36-55(76)77)24-26-72(38-57(80)81)27-25-71(23-21-69)37-56(78)79/h2-6,9-11,14-19,28,41,45,47-48H,7-8,12-13,20-27,29-31,33-40H2,1H3,(H,66,74)(H,67,83)(H,68,82)(H,76,77)(H,78,79)(H,80,81). The molecule has 3 atom stereocenters. The predicted octanol–water partition coefficient (Wildman–Crippen LogP) is 3.76. The second-order valence-electron chi connectivity index (χ2n) is 22.8. The first-order chi connectivity index (χ1) is 40.2. The minimum Gasteiger partial charge on any atom is -0.493 e. The van der Waals surface area contributed by atoms with Crippen molar-refractivity contribution in [3.05, 3.63) is 113 Å². The van der Waals surface area contributed by atoms with E-state index in [0.717, 1.165) is 39.6 Å². The monoisotopic (exact) mass is 1160 g/mol. The number of rotatable bonds is 21. The quantitative estimate of drug-likeness (QED) is 0.0693. The molecule has 84 heavy (non-hydrogen) atoms. The number of halogens is 2. The first kappa shape index (κ1) is 62.1. The van der Waals surface area contributed by atoms with Crippen LogP contribution in [0.3, 0.4) is 0 Å². The Morgan fingerprint density at radius 3 is 1.95 bits per heavy atom. The molecule has 0 bridgehead atoms. The Labute approximate surface area is 486 Å². The molecule has 4 aromatic rings. The van der Waals surface area contributed by atoms with Crippen molar-refractivity contribution in [2.24, 2.45) is 11.8 Å². The number of alkyl halides is 2. The van der Waals surface area contributed by atoms with Crippen molar-refractivity contribution >= 4 is 58.4 Å². The van der Waals surface area contributed by atoms with Gasteiger partial charge in [-0.25, -0.2) is 8.78 Å². The third-order valence-electron chi connectivity index (χ3n) is 16.4. The number of ether oxygens (including phenoxy) is 1. The van der Waals surface area contributed by atoms with E-state index < -0.39 is 72.5 Å². The van der Waals surface area contributed by atoms with E-state index in [4.69, 9.17) is 4.74 Å². The molecule has 8 rings (SSSR count). The normalized spacial score (nSPS) is 22.1. The maximum Gasteiger partial charge on any atom is 0.317 e. The number of nitriles is 1. The summed E-state index contributed by atoms with van der Waals surface area (Å²) in [5.74, 6) is -7.81. The lowest BCUT2D eigenvalue weighted by Crippen LogP contribution is -2.50. The molecule has 2 aliphatic carbocycles. The molecule has 1 aromatic heterocycles. The highest BCUT2D eigenvalue weighted by molar-refractivity contribution is 5.98. The van der Waals surface area contributed by atoms with Crippen molar-refractivity contribution in [3.8, 4) is 11.8 Å². The zero-order chi connectivity index (χ0) is 60.0. The van der Waals surface area contributed by atoms with Gasteiger partial charge in [-0.2, -0.15) is 5.26 Å². The summed E-state index contributed by atoms with van der Waals surface area (Å²) >= 11 is 0. The van der Waals surface area contributed by atoms with Gasteiger partial charge >= 0.3 is 17.9 Å². The van der Waals surface area contributed by atoms with Crippen LogP contribution in [0.4, 0.5) is 8.78 Å². The first-order valence-corrected chi connectivity index (χ1v) is 28.6. The number of nitrogens with one attached hydrogen (secondary N) is 3. The Bertz CT molecular complexity index is 3070. The zero-order valence-electron chi connectivity index (χ0n) is 47.2. The number of aromatic nitrogens is 1. The molecular formula is C61H74F2N10O11.